The lowest BCUT2D eigenvalue weighted by Gasteiger charge is -1.90. The van der Waals surface area contributed by atoms with Gasteiger partial charge in [-0.15, -0.1) is 11.3 Å². The molecule has 3 nitrogen and oxygen atoms in total. The van der Waals surface area contributed by atoms with Crippen molar-refractivity contribution in [2.24, 2.45) is 0 Å². The second kappa shape index (κ2) is 4.24. The van der Waals surface area contributed by atoms with Crippen LogP contribution in [-0.2, 0) is 0 Å². The van der Waals surface area contributed by atoms with Crippen LogP contribution in [0.1, 0.15) is 0 Å². The van der Waals surface area contributed by atoms with Crippen LogP contribution in [0.4, 0.5) is 0 Å². The molecule has 0 bridgehead atoms. The molecule has 7 heteroatoms. The molecule has 3 heterocycles. The number of nitrogens with zero attached hydrogens (tertiary/aromatic N) is 3. The van der Waals surface area contributed by atoms with Crippen LogP contribution in [0.2, 0.25) is 8.67 Å². The van der Waals surface area contributed by atoms with Crippen LogP contribution < -0.4 is 0 Å². The Morgan fingerprint density at radius 1 is 1.29 bits per heavy atom. The van der Waals surface area contributed by atoms with Gasteiger partial charge in [-0.05, 0) is 22.0 Å². The number of imidazole rings is 1. The van der Waals surface area contributed by atoms with E-state index in [0.717, 1.165) is 15.7 Å². The number of halogens is 3. The average Bonchev–Trinajstić information content (AvgIpc) is 2.80. The van der Waals surface area contributed by atoms with Crippen molar-refractivity contribution < 1.29 is 0 Å². The van der Waals surface area contributed by atoms with Crippen molar-refractivity contribution in [1.82, 2.24) is 14.4 Å². The minimum atomic E-state index is 0.626. The van der Waals surface area contributed by atoms with Crippen LogP contribution in [0.25, 0.3) is 17.0 Å². The summed E-state index contributed by atoms with van der Waals surface area (Å²) in [5.74, 6) is 0.626. The van der Waals surface area contributed by atoms with E-state index in [1.807, 2.05) is 22.9 Å². The summed E-state index contributed by atoms with van der Waals surface area (Å²) in [4.78, 5) is 8.59. The van der Waals surface area contributed by atoms with Crippen molar-refractivity contribution in [2.45, 2.75) is 0 Å². The van der Waals surface area contributed by atoms with Gasteiger partial charge in [-0.3, -0.25) is 4.40 Å². The third kappa shape index (κ3) is 2.08. The zero-order valence-electron chi connectivity index (χ0n) is 8.19. The highest BCUT2D eigenvalue weighted by Crippen LogP contribution is 2.37. The fraction of sp³-hybridized carbons (Fsp3) is 0. The summed E-state index contributed by atoms with van der Waals surface area (Å²) in [5, 5.41) is 0. The average molecular weight is 349 g/mol. The van der Waals surface area contributed by atoms with E-state index in [1.54, 1.807) is 6.20 Å². The van der Waals surface area contributed by atoms with Crippen LogP contribution in [0, 0.1) is 0 Å². The van der Waals surface area contributed by atoms with E-state index in [4.69, 9.17) is 23.2 Å². The molecule has 0 radical (unpaired) electrons. The summed E-state index contributed by atoms with van der Waals surface area (Å²) < 4.78 is 4.01. The van der Waals surface area contributed by atoms with Crippen LogP contribution >= 0.6 is 50.5 Å². The molecule has 0 N–H and O–H groups in total. The van der Waals surface area contributed by atoms with E-state index in [9.17, 15) is 0 Å². The number of hydrogen-bond acceptors (Lipinski definition) is 3. The van der Waals surface area contributed by atoms with E-state index < -0.39 is 0 Å². The van der Waals surface area contributed by atoms with E-state index in [2.05, 4.69) is 25.9 Å². The Labute approximate surface area is 119 Å². The maximum atomic E-state index is 6.09. The van der Waals surface area contributed by atoms with E-state index in [0.29, 0.717) is 14.5 Å². The highest BCUT2D eigenvalue weighted by molar-refractivity contribution is 9.10. The van der Waals surface area contributed by atoms with Gasteiger partial charge in [0.2, 0.25) is 5.78 Å². The first-order valence-corrected chi connectivity index (χ1v) is 6.95. The van der Waals surface area contributed by atoms with Gasteiger partial charge in [-0.1, -0.05) is 23.2 Å². The molecule has 0 saturated heterocycles. The predicted octanol–water partition coefficient (Wildman–Crippen LogP) is 4.53. The summed E-state index contributed by atoms with van der Waals surface area (Å²) in [6.45, 7) is 0. The van der Waals surface area contributed by atoms with Gasteiger partial charge in [0, 0.05) is 24.2 Å². The Morgan fingerprint density at radius 3 is 2.82 bits per heavy atom. The fourth-order valence-electron chi connectivity index (χ4n) is 1.50. The molecule has 0 amide bonds. The molecule has 3 rings (SSSR count). The predicted molar refractivity (Wildman–Crippen MR) is 74.0 cm³/mol. The summed E-state index contributed by atoms with van der Waals surface area (Å²) in [7, 11) is 0. The van der Waals surface area contributed by atoms with Crippen LogP contribution in [-0.4, -0.2) is 14.4 Å². The van der Waals surface area contributed by atoms with Crippen molar-refractivity contribution >= 4 is 56.2 Å². The lowest BCUT2D eigenvalue weighted by Crippen LogP contribution is -1.85. The van der Waals surface area contributed by atoms with E-state index in [-0.39, 0.29) is 0 Å². The van der Waals surface area contributed by atoms with Crippen molar-refractivity contribution in [1.29, 1.82) is 0 Å². The molecule has 0 aliphatic heterocycles. The summed E-state index contributed by atoms with van der Waals surface area (Å²) in [5.41, 5.74) is 1.60. The van der Waals surface area contributed by atoms with Gasteiger partial charge in [-0.25, -0.2) is 9.97 Å². The number of fused-ring (bicyclic) bond motifs is 1. The molecule has 0 spiro atoms. The first kappa shape index (κ1) is 11.5. The minimum Gasteiger partial charge on any atom is -0.289 e. The zero-order chi connectivity index (χ0) is 12.0. The molecule has 0 atom stereocenters. The summed E-state index contributed by atoms with van der Waals surface area (Å²) in [6.07, 6.45) is 5.46. The lowest BCUT2D eigenvalue weighted by molar-refractivity contribution is 1.10. The summed E-state index contributed by atoms with van der Waals surface area (Å²) in [6, 6.07) is 1.81. The Bertz CT molecular complexity index is 707. The smallest absolute Gasteiger partial charge is 0.234 e. The topological polar surface area (TPSA) is 30.2 Å². The molecule has 0 aliphatic rings. The zero-order valence-corrected chi connectivity index (χ0v) is 12.1. The normalized spacial score (nSPS) is 11.2. The monoisotopic (exact) mass is 347 g/mol. The minimum absolute atomic E-state index is 0.626. The fourth-order valence-corrected chi connectivity index (χ4v) is 3.31. The van der Waals surface area contributed by atoms with Crippen molar-refractivity contribution in [3.8, 4) is 11.3 Å². The molecule has 0 aliphatic carbocycles. The van der Waals surface area contributed by atoms with Gasteiger partial charge in [0.25, 0.3) is 0 Å². The van der Waals surface area contributed by atoms with Gasteiger partial charge < -0.3 is 0 Å². The van der Waals surface area contributed by atoms with Crippen LogP contribution in [0.5, 0.6) is 0 Å². The summed E-state index contributed by atoms with van der Waals surface area (Å²) >= 11 is 16.7. The molecule has 3 aromatic heterocycles. The Morgan fingerprint density at radius 2 is 2.12 bits per heavy atom. The molecular formula is C10H4BrCl2N3S. The van der Waals surface area contributed by atoms with Crippen molar-refractivity contribution in [2.75, 3.05) is 0 Å². The third-order valence-electron chi connectivity index (χ3n) is 2.21. The maximum absolute atomic E-state index is 6.09. The first-order chi connectivity index (χ1) is 8.13. The molecular weight excluding hydrogens is 345 g/mol. The molecule has 86 valence electrons. The second-order valence-electron chi connectivity index (χ2n) is 3.34. The van der Waals surface area contributed by atoms with Gasteiger partial charge in [0.1, 0.15) is 4.34 Å². The van der Waals surface area contributed by atoms with Gasteiger partial charge in [-0.2, -0.15) is 0 Å². The first-order valence-electron chi connectivity index (χ1n) is 4.59. The standard InChI is InChI=1S/C10H4BrCl2N3S/c11-5-2-14-10-15-7(4-16(10)3-5)6-1-8(12)17-9(6)13/h1-4H. The highest BCUT2D eigenvalue weighted by atomic mass is 79.9. The molecule has 0 fully saturated rings. The Kier molecular flexibility index (Phi) is 2.86. The van der Waals surface area contributed by atoms with Gasteiger partial charge in [0.15, 0.2) is 0 Å². The highest BCUT2D eigenvalue weighted by Gasteiger charge is 2.12. The van der Waals surface area contributed by atoms with Gasteiger partial charge >= 0.3 is 0 Å². The quantitative estimate of drug-likeness (QED) is 0.646. The Hall–Kier alpha value is -0.620. The number of aromatic nitrogens is 3. The van der Waals surface area contributed by atoms with Gasteiger partial charge in [0.05, 0.1) is 14.5 Å². The molecule has 3 aromatic rings. The SMILES string of the molecule is Clc1cc(-c2cn3cc(Br)cnc3n2)c(Cl)s1. The largest absolute Gasteiger partial charge is 0.289 e. The molecule has 17 heavy (non-hydrogen) atoms. The molecule has 0 aromatic carbocycles. The third-order valence-corrected chi connectivity index (χ3v) is 4.11. The van der Waals surface area contributed by atoms with Crippen molar-refractivity contribution in [3.63, 3.8) is 0 Å². The second-order valence-corrected chi connectivity index (χ2v) is 6.54. The van der Waals surface area contributed by atoms with Crippen LogP contribution in [0.15, 0.2) is 29.1 Å². The molecule has 0 saturated carbocycles. The number of rotatable bonds is 1. The molecule has 0 unspecified atom stereocenters. The lowest BCUT2D eigenvalue weighted by atomic mass is 10.3. The number of thiophene rings is 1. The number of hydrogen-bond donors (Lipinski definition) is 0. The van der Waals surface area contributed by atoms with Crippen molar-refractivity contribution in [3.05, 3.63) is 37.8 Å². The maximum Gasteiger partial charge on any atom is 0.234 e. The van der Waals surface area contributed by atoms with Crippen LogP contribution in [0.3, 0.4) is 0 Å². The van der Waals surface area contributed by atoms with E-state index >= 15 is 0 Å². The Balaban J connectivity index is 2.21. The van der Waals surface area contributed by atoms with E-state index in [1.165, 1.54) is 11.3 Å².